The molecule has 8 nitrogen and oxygen atoms in total. The summed E-state index contributed by atoms with van der Waals surface area (Å²) in [7, 11) is 3.64. The minimum absolute atomic E-state index is 0.268. The fourth-order valence-corrected chi connectivity index (χ4v) is 4.50. The van der Waals surface area contributed by atoms with Gasteiger partial charge in [-0.3, -0.25) is 4.90 Å². The van der Waals surface area contributed by atoms with Gasteiger partial charge >= 0.3 is 6.09 Å². The highest BCUT2D eigenvalue weighted by Gasteiger charge is 2.47. The SMILES string of the molecule is COc1cc2ncnc(Nc3ccc(F)c(C)c3)c2cc1N1CC2(CCN(C)CC2)OC1=O. The van der Waals surface area contributed by atoms with Gasteiger partial charge in [0.05, 0.1) is 24.9 Å². The minimum atomic E-state index is -0.483. The van der Waals surface area contributed by atoms with Crippen molar-refractivity contribution in [3.05, 3.63) is 48.0 Å². The Labute approximate surface area is 191 Å². The number of likely N-dealkylation sites (tertiary alicyclic amines) is 1. The van der Waals surface area contributed by atoms with E-state index in [1.807, 2.05) is 6.07 Å². The Morgan fingerprint density at radius 1 is 1.18 bits per heavy atom. The summed E-state index contributed by atoms with van der Waals surface area (Å²) in [5, 5.41) is 3.96. The Kier molecular flexibility index (Phi) is 5.28. The molecule has 0 unspecified atom stereocenters. The monoisotopic (exact) mass is 451 g/mol. The van der Waals surface area contributed by atoms with Crippen molar-refractivity contribution >= 4 is 34.2 Å². The Balaban J connectivity index is 1.53. The first-order chi connectivity index (χ1) is 15.9. The Morgan fingerprint density at radius 3 is 2.70 bits per heavy atom. The van der Waals surface area contributed by atoms with Crippen molar-refractivity contribution in [2.45, 2.75) is 25.4 Å². The van der Waals surface area contributed by atoms with E-state index < -0.39 is 5.60 Å². The van der Waals surface area contributed by atoms with Gasteiger partial charge in [0.2, 0.25) is 0 Å². The van der Waals surface area contributed by atoms with Crippen LogP contribution < -0.4 is 15.0 Å². The average molecular weight is 452 g/mol. The molecular formula is C24H26FN5O3. The predicted molar refractivity (Wildman–Crippen MR) is 124 cm³/mol. The standard InChI is InChI=1S/C24H26FN5O3/c1-15-10-16(4-5-18(15)25)28-22-17-11-20(21(32-3)12-19(17)26-14-27-22)30-13-24(33-23(30)31)6-8-29(2)9-7-24/h4-5,10-12,14H,6-9,13H2,1-3H3,(H,26,27,28). The van der Waals surface area contributed by atoms with Crippen molar-refractivity contribution < 1.29 is 18.7 Å². The number of hydrogen-bond acceptors (Lipinski definition) is 7. The molecule has 2 aliphatic rings. The number of halogens is 1. The van der Waals surface area contributed by atoms with Crippen LogP contribution in [0.15, 0.2) is 36.7 Å². The number of methoxy groups -OCH3 is 1. The lowest BCUT2D eigenvalue weighted by Gasteiger charge is -2.35. The molecule has 3 aromatic rings. The van der Waals surface area contributed by atoms with Gasteiger partial charge in [0.15, 0.2) is 0 Å². The number of ether oxygens (including phenoxy) is 2. The number of amides is 1. The maximum absolute atomic E-state index is 13.7. The number of hydrogen-bond donors (Lipinski definition) is 1. The molecule has 3 heterocycles. The first kappa shape index (κ1) is 21.4. The van der Waals surface area contributed by atoms with E-state index >= 15 is 0 Å². The van der Waals surface area contributed by atoms with E-state index in [0.717, 1.165) is 25.9 Å². The lowest BCUT2D eigenvalue weighted by atomic mass is 9.91. The van der Waals surface area contributed by atoms with Crippen LogP contribution in [0.1, 0.15) is 18.4 Å². The highest BCUT2D eigenvalue weighted by Crippen LogP contribution is 2.41. The van der Waals surface area contributed by atoms with E-state index in [9.17, 15) is 9.18 Å². The number of nitrogens with zero attached hydrogens (tertiary/aromatic N) is 4. The zero-order chi connectivity index (χ0) is 23.2. The summed E-state index contributed by atoms with van der Waals surface area (Å²) in [5.41, 5.74) is 2.03. The largest absolute Gasteiger partial charge is 0.494 e. The van der Waals surface area contributed by atoms with Gasteiger partial charge in [-0.05, 0) is 43.8 Å². The summed E-state index contributed by atoms with van der Waals surface area (Å²) >= 11 is 0. The summed E-state index contributed by atoms with van der Waals surface area (Å²) in [5.74, 6) is 0.818. The van der Waals surface area contributed by atoms with Crippen molar-refractivity contribution in [3.63, 3.8) is 0 Å². The predicted octanol–water partition coefficient (Wildman–Crippen LogP) is 4.25. The first-order valence-corrected chi connectivity index (χ1v) is 10.9. The third-order valence-electron chi connectivity index (χ3n) is 6.52. The minimum Gasteiger partial charge on any atom is -0.494 e. The van der Waals surface area contributed by atoms with Crippen LogP contribution in [0, 0.1) is 12.7 Å². The molecule has 1 aromatic heterocycles. The highest BCUT2D eigenvalue weighted by atomic mass is 19.1. The maximum Gasteiger partial charge on any atom is 0.415 e. The number of piperidine rings is 1. The number of anilines is 3. The van der Waals surface area contributed by atoms with Crippen molar-refractivity contribution in [1.29, 1.82) is 0 Å². The second-order valence-corrected chi connectivity index (χ2v) is 8.79. The smallest absolute Gasteiger partial charge is 0.415 e. The van der Waals surface area contributed by atoms with Crippen LogP contribution in [0.2, 0.25) is 0 Å². The number of benzene rings is 2. The molecule has 0 radical (unpaired) electrons. The summed E-state index contributed by atoms with van der Waals surface area (Å²) in [4.78, 5) is 25.6. The second-order valence-electron chi connectivity index (χ2n) is 8.79. The number of aryl methyl sites for hydroxylation is 1. The molecule has 2 aromatic carbocycles. The molecule has 0 aliphatic carbocycles. The van der Waals surface area contributed by atoms with Crippen LogP contribution >= 0.6 is 0 Å². The Morgan fingerprint density at radius 2 is 1.97 bits per heavy atom. The fraction of sp³-hybridized carbons (Fsp3) is 0.375. The second kappa shape index (κ2) is 8.15. The van der Waals surface area contributed by atoms with Crippen molar-refractivity contribution in [3.8, 4) is 5.75 Å². The summed E-state index contributed by atoms with van der Waals surface area (Å²) < 4.78 is 25.2. The van der Waals surface area contributed by atoms with Gasteiger partial charge in [0, 0.05) is 43.1 Å². The molecule has 1 amide bonds. The third-order valence-corrected chi connectivity index (χ3v) is 6.52. The normalized spacial score (nSPS) is 18.1. The number of nitrogens with one attached hydrogen (secondary N) is 1. The molecule has 2 fully saturated rings. The average Bonchev–Trinajstić information content (AvgIpc) is 3.13. The van der Waals surface area contributed by atoms with Gasteiger partial charge in [-0.2, -0.15) is 0 Å². The third kappa shape index (κ3) is 3.93. The van der Waals surface area contributed by atoms with Crippen molar-refractivity contribution in [2.24, 2.45) is 0 Å². The molecular weight excluding hydrogens is 425 g/mol. The first-order valence-electron chi connectivity index (χ1n) is 10.9. The molecule has 0 atom stereocenters. The van der Waals surface area contributed by atoms with E-state index in [1.165, 1.54) is 12.4 Å². The van der Waals surface area contributed by atoms with Gasteiger partial charge < -0.3 is 19.7 Å². The van der Waals surface area contributed by atoms with Crippen LogP contribution in [-0.2, 0) is 4.74 Å². The number of fused-ring (bicyclic) bond motifs is 1. The molecule has 9 heteroatoms. The summed E-state index contributed by atoms with van der Waals surface area (Å²) in [6.07, 6.45) is 2.67. The molecule has 33 heavy (non-hydrogen) atoms. The quantitative estimate of drug-likeness (QED) is 0.635. The van der Waals surface area contributed by atoms with Crippen molar-refractivity contribution in [1.82, 2.24) is 14.9 Å². The maximum atomic E-state index is 13.7. The molecule has 172 valence electrons. The molecule has 5 rings (SSSR count). The van der Waals surface area contributed by atoms with Crippen LogP contribution in [0.25, 0.3) is 10.9 Å². The van der Waals surface area contributed by atoms with E-state index in [1.54, 1.807) is 37.1 Å². The zero-order valence-corrected chi connectivity index (χ0v) is 18.9. The number of rotatable bonds is 4. The lowest BCUT2D eigenvalue weighted by molar-refractivity contribution is 0.00678. The molecule has 1 N–H and O–H groups in total. The van der Waals surface area contributed by atoms with Gasteiger partial charge in [0.25, 0.3) is 0 Å². The van der Waals surface area contributed by atoms with Crippen LogP contribution in [0.4, 0.5) is 26.4 Å². The van der Waals surface area contributed by atoms with E-state index in [-0.39, 0.29) is 11.9 Å². The number of aromatic nitrogens is 2. The summed E-state index contributed by atoms with van der Waals surface area (Å²) in [6, 6.07) is 8.43. The van der Waals surface area contributed by atoms with E-state index in [0.29, 0.717) is 46.0 Å². The van der Waals surface area contributed by atoms with Crippen LogP contribution in [0.5, 0.6) is 5.75 Å². The Hall–Kier alpha value is -3.46. The van der Waals surface area contributed by atoms with E-state index in [4.69, 9.17) is 9.47 Å². The molecule has 1 spiro atoms. The Bertz CT molecular complexity index is 1230. The molecule has 2 aliphatic heterocycles. The van der Waals surface area contributed by atoms with Crippen LogP contribution in [-0.4, -0.2) is 60.4 Å². The molecule has 0 bridgehead atoms. The van der Waals surface area contributed by atoms with Gasteiger partial charge in [-0.1, -0.05) is 0 Å². The molecule has 2 saturated heterocycles. The van der Waals surface area contributed by atoms with Gasteiger partial charge in [-0.25, -0.2) is 19.2 Å². The highest BCUT2D eigenvalue weighted by molar-refractivity contribution is 6.00. The number of carbonyl (C=O) groups excluding carboxylic acids is 1. The zero-order valence-electron chi connectivity index (χ0n) is 18.9. The summed E-state index contributed by atoms with van der Waals surface area (Å²) in [6.45, 7) is 3.94. The fourth-order valence-electron chi connectivity index (χ4n) is 4.50. The topological polar surface area (TPSA) is 79.8 Å². The van der Waals surface area contributed by atoms with Crippen molar-refractivity contribution in [2.75, 3.05) is 44.0 Å². The van der Waals surface area contributed by atoms with Gasteiger partial charge in [-0.15, -0.1) is 0 Å². The van der Waals surface area contributed by atoms with Crippen LogP contribution in [0.3, 0.4) is 0 Å². The van der Waals surface area contributed by atoms with Gasteiger partial charge in [0.1, 0.15) is 29.3 Å². The molecule has 0 saturated carbocycles. The lowest BCUT2D eigenvalue weighted by Crippen LogP contribution is -2.45. The number of carbonyl (C=O) groups is 1. The van der Waals surface area contributed by atoms with E-state index in [2.05, 4.69) is 27.2 Å².